The maximum Gasteiger partial charge on any atom is 0.269 e. The lowest BCUT2D eigenvalue weighted by molar-refractivity contribution is -0.0860. The van der Waals surface area contributed by atoms with E-state index in [9.17, 15) is 15.0 Å². The number of carbonyl (C=O) groups excluding carboxylic acids is 1. The highest BCUT2D eigenvalue weighted by Crippen LogP contribution is 2.52. The van der Waals surface area contributed by atoms with Crippen molar-refractivity contribution in [3.8, 4) is 23.2 Å². The van der Waals surface area contributed by atoms with Gasteiger partial charge in [-0.3, -0.25) is 14.1 Å². The number of piperidine rings is 1. The van der Waals surface area contributed by atoms with Crippen molar-refractivity contribution in [3.05, 3.63) is 59.9 Å². The Morgan fingerprint density at radius 3 is 2.86 bits per heavy atom. The van der Waals surface area contributed by atoms with Crippen LogP contribution in [-0.2, 0) is 0 Å². The summed E-state index contributed by atoms with van der Waals surface area (Å²) in [7, 11) is 1.80. The van der Waals surface area contributed by atoms with Crippen LogP contribution in [0.4, 0.5) is 0 Å². The summed E-state index contributed by atoms with van der Waals surface area (Å²) in [5.74, 6) is 5.88. The van der Waals surface area contributed by atoms with E-state index in [2.05, 4.69) is 16.8 Å². The molecule has 1 aliphatic heterocycles. The molecule has 0 bridgehead atoms. The molecule has 7 heteroatoms. The van der Waals surface area contributed by atoms with E-state index in [0.29, 0.717) is 16.9 Å². The number of hydrogen-bond acceptors (Lipinski definition) is 5. The summed E-state index contributed by atoms with van der Waals surface area (Å²) in [5, 5.41) is 21.2. The molecule has 7 nitrogen and oxygen atoms in total. The van der Waals surface area contributed by atoms with Crippen LogP contribution in [0.1, 0.15) is 22.5 Å². The van der Waals surface area contributed by atoms with Crippen molar-refractivity contribution in [1.29, 1.82) is 0 Å². The Bertz CT molecular complexity index is 1210. The first-order valence-corrected chi connectivity index (χ1v) is 9.43. The topological polar surface area (TPSA) is 104 Å². The molecule has 0 radical (unpaired) electrons. The first-order chi connectivity index (χ1) is 13.9. The lowest BCUT2D eigenvalue weighted by Crippen LogP contribution is -2.46. The summed E-state index contributed by atoms with van der Waals surface area (Å²) in [4.78, 5) is 18.0. The Morgan fingerprint density at radius 2 is 2.14 bits per heavy atom. The standard InChI is InChI=1S/C22H20N4O3/c1-25-17-12-15(17)22(29,21(25)28)9-8-13-5-4-6-14(11-13)20-24-18(19(23)27)16-7-2-3-10-26(16)20/h2-7,10-11,15,17,21,28-29H,12H2,1H3,(H2,23,27)/t15-,17+,21?,22-/m0/s1. The van der Waals surface area contributed by atoms with Gasteiger partial charge in [0.15, 0.2) is 11.3 Å². The van der Waals surface area contributed by atoms with Crippen LogP contribution >= 0.6 is 0 Å². The highest BCUT2D eigenvalue weighted by atomic mass is 16.4. The summed E-state index contributed by atoms with van der Waals surface area (Å²) in [6.07, 6.45) is 1.68. The number of primary amides is 1. The summed E-state index contributed by atoms with van der Waals surface area (Å²) >= 11 is 0. The van der Waals surface area contributed by atoms with Crippen molar-refractivity contribution >= 4 is 11.4 Å². The van der Waals surface area contributed by atoms with E-state index in [1.807, 2.05) is 47.0 Å². The number of benzene rings is 1. The predicted octanol–water partition coefficient (Wildman–Crippen LogP) is 0.835. The predicted molar refractivity (Wildman–Crippen MR) is 107 cm³/mol. The van der Waals surface area contributed by atoms with Gasteiger partial charge < -0.3 is 15.9 Å². The van der Waals surface area contributed by atoms with Crippen molar-refractivity contribution in [1.82, 2.24) is 14.3 Å². The normalized spacial score (nSPS) is 28.0. The number of imidazole rings is 1. The molecule has 1 saturated carbocycles. The number of fused-ring (bicyclic) bond motifs is 2. The molecule has 5 rings (SSSR count). The van der Waals surface area contributed by atoms with Gasteiger partial charge in [0.05, 0.1) is 5.52 Å². The zero-order valence-corrected chi connectivity index (χ0v) is 15.8. The number of amides is 1. The monoisotopic (exact) mass is 388 g/mol. The molecule has 1 saturated heterocycles. The molecule has 2 aliphatic rings. The number of nitrogens with two attached hydrogens (primary N) is 1. The van der Waals surface area contributed by atoms with Crippen LogP contribution in [0.15, 0.2) is 48.7 Å². The van der Waals surface area contributed by atoms with Gasteiger partial charge in [-0.15, -0.1) is 0 Å². The van der Waals surface area contributed by atoms with Gasteiger partial charge in [-0.1, -0.05) is 30.0 Å². The molecule has 1 unspecified atom stereocenters. The average Bonchev–Trinajstić information content (AvgIpc) is 3.40. The van der Waals surface area contributed by atoms with Crippen LogP contribution in [0, 0.1) is 17.8 Å². The van der Waals surface area contributed by atoms with Gasteiger partial charge in [-0.2, -0.15) is 0 Å². The summed E-state index contributed by atoms with van der Waals surface area (Å²) in [5.41, 5.74) is 6.36. The minimum atomic E-state index is -1.42. The van der Waals surface area contributed by atoms with Crippen LogP contribution in [-0.4, -0.2) is 55.3 Å². The number of rotatable bonds is 2. The zero-order chi connectivity index (χ0) is 20.3. The second-order valence-electron chi connectivity index (χ2n) is 7.71. The third kappa shape index (κ3) is 2.65. The summed E-state index contributed by atoms with van der Waals surface area (Å²) < 4.78 is 1.81. The molecule has 146 valence electrons. The van der Waals surface area contributed by atoms with E-state index in [0.717, 1.165) is 12.0 Å². The van der Waals surface area contributed by atoms with Gasteiger partial charge in [-0.05, 0) is 37.7 Å². The van der Waals surface area contributed by atoms with Crippen LogP contribution in [0.2, 0.25) is 0 Å². The maximum atomic E-state index is 11.8. The number of aliphatic hydroxyl groups excluding tert-OH is 1. The first-order valence-electron chi connectivity index (χ1n) is 9.43. The molecule has 3 aromatic rings. The number of likely N-dealkylation sites (N-methyl/N-ethyl adjacent to an activating group) is 1. The smallest absolute Gasteiger partial charge is 0.269 e. The largest absolute Gasteiger partial charge is 0.374 e. The lowest BCUT2D eigenvalue weighted by atomic mass is 9.97. The molecule has 0 spiro atoms. The van der Waals surface area contributed by atoms with Crippen LogP contribution in [0.5, 0.6) is 0 Å². The second kappa shape index (κ2) is 6.16. The van der Waals surface area contributed by atoms with Gasteiger partial charge in [0.25, 0.3) is 5.91 Å². The summed E-state index contributed by atoms with van der Waals surface area (Å²) in [6.45, 7) is 0. The van der Waals surface area contributed by atoms with Crippen molar-refractivity contribution in [2.24, 2.45) is 11.7 Å². The molecular formula is C22H20N4O3. The average molecular weight is 388 g/mol. The minimum absolute atomic E-state index is 0.0208. The Hall–Kier alpha value is -3.18. The van der Waals surface area contributed by atoms with E-state index < -0.39 is 17.7 Å². The molecule has 29 heavy (non-hydrogen) atoms. The third-order valence-corrected chi connectivity index (χ3v) is 5.93. The summed E-state index contributed by atoms with van der Waals surface area (Å²) in [6, 6.07) is 13.1. The third-order valence-electron chi connectivity index (χ3n) is 5.93. The number of aromatic nitrogens is 2. The Balaban J connectivity index is 1.54. The first kappa shape index (κ1) is 17.9. The number of nitrogens with zero attached hydrogens (tertiary/aromatic N) is 3. The fourth-order valence-electron chi connectivity index (χ4n) is 4.28. The van der Waals surface area contributed by atoms with Gasteiger partial charge in [0.1, 0.15) is 12.1 Å². The molecule has 4 atom stereocenters. The Kier molecular flexibility index (Phi) is 3.80. The van der Waals surface area contributed by atoms with Gasteiger partial charge in [0, 0.05) is 29.3 Å². The van der Waals surface area contributed by atoms with Gasteiger partial charge in [0.2, 0.25) is 0 Å². The molecule has 1 aliphatic carbocycles. The second-order valence-corrected chi connectivity index (χ2v) is 7.71. The van der Waals surface area contributed by atoms with Crippen LogP contribution in [0.25, 0.3) is 16.9 Å². The molecule has 2 aromatic heterocycles. The van der Waals surface area contributed by atoms with Gasteiger partial charge >= 0.3 is 0 Å². The molecule has 2 fully saturated rings. The number of aliphatic hydroxyl groups is 2. The lowest BCUT2D eigenvalue weighted by Gasteiger charge is -2.27. The Labute approximate surface area is 167 Å². The molecular weight excluding hydrogens is 368 g/mol. The number of likely N-dealkylation sites (tertiary alicyclic amines) is 1. The highest BCUT2D eigenvalue weighted by molar-refractivity contribution is 5.98. The SMILES string of the molecule is CN1C(O)[C@](O)(C#Cc2cccc(-c3nc(C(N)=O)c4ccccn34)c2)[C@H]2C[C@H]21. The minimum Gasteiger partial charge on any atom is -0.374 e. The molecule has 1 amide bonds. The molecule has 4 N–H and O–H groups in total. The van der Waals surface area contributed by atoms with E-state index >= 15 is 0 Å². The van der Waals surface area contributed by atoms with Crippen molar-refractivity contribution < 1.29 is 15.0 Å². The molecule has 3 heterocycles. The Morgan fingerprint density at radius 1 is 1.31 bits per heavy atom. The van der Waals surface area contributed by atoms with E-state index in [4.69, 9.17) is 5.73 Å². The number of carbonyl (C=O) groups is 1. The molecule has 1 aromatic carbocycles. The van der Waals surface area contributed by atoms with Gasteiger partial charge in [-0.25, -0.2) is 4.98 Å². The number of pyridine rings is 1. The van der Waals surface area contributed by atoms with Crippen molar-refractivity contribution in [2.45, 2.75) is 24.3 Å². The highest BCUT2D eigenvalue weighted by Gasteiger charge is 2.65. The van der Waals surface area contributed by atoms with E-state index in [-0.39, 0.29) is 17.7 Å². The van der Waals surface area contributed by atoms with Crippen molar-refractivity contribution in [2.75, 3.05) is 7.05 Å². The number of hydrogen-bond donors (Lipinski definition) is 3. The zero-order valence-electron chi connectivity index (χ0n) is 15.8. The fraction of sp³-hybridized carbons (Fsp3) is 0.273. The van der Waals surface area contributed by atoms with E-state index in [1.54, 1.807) is 18.0 Å². The van der Waals surface area contributed by atoms with Crippen molar-refractivity contribution in [3.63, 3.8) is 0 Å². The van der Waals surface area contributed by atoms with Crippen LogP contribution < -0.4 is 5.73 Å². The van der Waals surface area contributed by atoms with Crippen LogP contribution in [0.3, 0.4) is 0 Å². The maximum absolute atomic E-state index is 11.8. The quantitative estimate of drug-likeness (QED) is 0.565. The fourth-order valence-corrected chi connectivity index (χ4v) is 4.28. The van der Waals surface area contributed by atoms with E-state index in [1.165, 1.54) is 0 Å².